The van der Waals surface area contributed by atoms with E-state index in [1.807, 2.05) is 0 Å². The average Bonchev–Trinajstić information content (AvgIpc) is 2.58. The van der Waals surface area contributed by atoms with Gasteiger partial charge in [0, 0.05) is 15.8 Å². The Labute approximate surface area is 82.9 Å². The minimum atomic E-state index is 0.730. The van der Waals surface area contributed by atoms with E-state index in [4.69, 9.17) is 12.2 Å². The first kappa shape index (κ1) is 8.10. The molecule has 5 heteroatoms. The Hall–Kier alpha value is -0.520. The van der Waals surface area contributed by atoms with Gasteiger partial charge < -0.3 is 0 Å². The molecule has 0 atom stereocenters. The first-order chi connectivity index (χ1) is 5.75. The van der Waals surface area contributed by atoms with Crippen LogP contribution >= 0.6 is 34.9 Å². The molecule has 0 aliphatic rings. The standard InChI is InChI=1S/C7H6N2S3/c1-4-2-5(3-11-4)6-8-9-7(10)12-6/h2-3H,1H3,(H,9,10). The van der Waals surface area contributed by atoms with Crippen molar-refractivity contribution in [3.05, 3.63) is 20.3 Å². The zero-order valence-corrected chi connectivity index (χ0v) is 8.78. The highest BCUT2D eigenvalue weighted by Crippen LogP contribution is 2.26. The quantitative estimate of drug-likeness (QED) is 0.738. The number of aromatic nitrogens is 2. The second kappa shape index (κ2) is 3.08. The van der Waals surface area contributed by atoms with Crippen LogP contribution in [0.3, 0.4) is 0 Å². The summed E-state index contributed by atoms with van der Waals surface area (Å²) in [7, 11) is 0. The van der Waals surface area contributed by atoms with Crippen molar-refractivity contribution in [1.29, 1.82) is 0 Å². The maximum absolute atomic E-state index is 4.94. The Bertz CT molecular complexity index is 437. The lowest BCUT2D eigenvalue weighted by atomic mass is 10.3. The largest absolute Gasteiger partial charge is 0.258 e. The molecule has 1 N–H and O–H groups in total. The van der Waals surface area contributed by atoms with Gasteiger partial charge >= 0.3 is 0 Å². The van der Waals surface area contributed by atoms with Crippen LogP contribution in [0.4, 0.5) is 0 Å². The van der Waals surface area contributed by atoms with Gasteiger partial charge in [-0.15, -0.1) is 11.3 Å². The third-order valence-corrected chi connectivity index (χ3v) is 3.42. The van der Waals surface area contributed by atoms with Crippen molar-refractivity contribution in [2.75, 3.05) is 0 Å². The maximum Gasteiger partial charge on any atom is 0.176 e. The molecule has 0 fully saturated rings. The van der Waals surface area contributed by atoms with Crippen LogP contribution in [-0.4, -0.2) is 10.2 Å². The van der Waals surface area contributed by atoms with Crippen LogP contribution < -0.4 is 0 Å². The van der Waals surface area contributed by atoms with E-state index in [9.17, 15) is 0 Å². The van der Waals surface area contributed by atoms with Crippen LogP contribution in [0.2, 0.25) is 0 Å². The van der Waals surface area contributed by atoms with Gasteiger partial charge in [0.1, 0.15) is 5.01 Å². The highest BCUT2D eigenvalue weighted by atomic mass is 32.1. The van der Waals surface area contributed by atoms with E-state index in [0.29, 0.717) is 0 Å². The van der Waals surface area contributed by atoms with Gasteiger partial charge in [0.15, 0.2) is 3.95 Å². The zero-order chi connectivity index (χ0) is 8.55. The van der Waals surface area contributed by atoms with E-state index in [2.05, 4.69) is 28.6 Å². The smallest absolute Gasteiger partial charge is 0.176 e. The summed E-state index contributed by atoms with van der Waals surface area (Å²) >= 11 is 8.18. The van der Waals surface area contributed by atoms with Crippen molar-refractivity contribution >= 4 is 34.9 Å². The molecule has 0 aliphatic carbocycles. The van der Waals surface area contributed by atoms with Crippen molar-refractivity contribution in [2.24, 2.45) is 0 Å². The zero-order valence-electron chi connectivity index (χ0n) is 6.33. The van der Waals surface area contributed by atoms with E-state index < -0.39 is 0 Å². The molecule has 0 saturated carbocycles. The Morgan fingerprint density at radius 1 is 1.58 bits per heavy atom. The number of H-pyrrole nitrogens is 1. The summed E-state index contributed by atoms with van der Waals surface area (Å²) in [5.41, 5.74) is 1.16. The normalized spacial score (nSPS) is 10.4. The summed E-state index contributed by atoms with van der Waals surface area (Å²) in [5.74, 6) is 0. The molecule has 0 saturated heterocycles. The molecular formula is C7H6N2S3. The number of nitrogens with zero attached hydrogens (tertiary/aromatic N) is 1. The number of nitrogens with one attached hydrogen (secondary N) is 1. The molecule has 0 aromatic carbocycles. The van der Waals surface area contributed by atoms with Gasteiger partial charge in [-0.25, -0.2) is 0 Å². The number of hydrogen-bond acceptors (Lipinski definition) is 4. The average molecular weight is 214 g/mol. The lowest BCUT2D eigenvalue weighted by Gasteiger charge is -1.83. The van der Waals surface area contributed by atoms with Crippen LogP contribution in [0.1, 0.15) is 4.88 Å². The van der Waals surface area contributed by atoms with Crippen LogP contribution in [0.25, 0.3) is 10.6 Å². The summed E-state index contributed by atoms with van der Waals surface area (Å²) in [5, 5.41) is 9.93. The van der Waals surface area contributed by atoms with Crippen molar-refractivity contribution in [3.63, 3.8) is 0 Å². The van der Waals surface area contributed by atoms with Crippen molar-refractivity contribution in [3.8, 4) is 10.6 Å². The monoisotopic (exact) mass is 214 g/mol. The van der Waals surface area contributed by atoms with Gasteiger partial charge in [0.2, 0.25) is 0 Å². The molecule has 12 heavy (non-hydrogen) atoms. The van der Waals surface area contributed by atoms with Gasteiger partial charge in [-0.3, -0.25) is 5.10 Å². The third kappa shape index (κ3) is 1.48. The predicted molar refractivity (Wildman–Crippen MR) is 55.3 cm³/mol. The summed E-state index contributed by atoms with van der Waals surface area (Å²) in [6.45, 7) is 2.08. The first-order valence-corrected chi connectivity index (χ1v) is 5.47. The molecule has 2 aromatic heterocycles. The minimum absolute atomic E-state index is 0.730. The van der Waals surface area contributed by atoms with E-state index in [1.54, 1.807) is 11.3 Å². The third-order valence-electron chi connectivity index (χ3n) is 1.42. The van der Waals surface area contributed by atoms with E-state index in [0.717, 1.165) is 14.5 Å². The van der Waals surface area contributed by atoms with Gasteiger partial charge in [-0.1, -0.05) is 11.3 Å². The van der Waals surface area contributed by atoms with E-state index in [1.165, 1.54) is 16.2 Å². The second-order valence-corrected chi connectivity index (χ2v) is 5.15. The fraction of sp³-hybridized carbons (Fsp3) is 0.143. The fourth-order valence-corrected chi connectivity index (χ4v) is 2.55. The predicted octanol–water partition coefficient (Wildman–Crippen LogP) is 3.24. The summed E-state index contributed by atoms with van der Waals surface area (Å²) in [4.78, 5) is 1.30. The molecule has 0 spiro atoms. The molecule has 0 radical (unpaired) electrons. The molecule has 62 valence electrons. The van der Waals surface area contributed by atoms with Crippen molar-refractivity contribution < 1.29 is 0 Å². The van der Waals surface area contributed by atoms with Crippen LogP contribution in [0.5, 0.6) is 0 Å². The number of aryl methyl sites for hydroxylation is 1. The Balaban J connectivity index is 2.50. The van der Waals surface area contributed by atoms with Crippen molar-refractivity contribution in [2.45, 2.75) is 6.92 Å². The highest BCUT2D eigenvalue weighted by Gasteiger charge is 2.02. The molecule has 0 bridgehead atoms. The van der Waals surface area contributed by atoms with Gasteiger partial charge in [0.25, 0.3) is 0 Å². The van der Waals surface area contributed by atoms with Gasteiger partial charge in [0.05, 0.1) is 0 Å². The Kier molecular flexibility index (Phi) is 2.08. The first-order valence-electron chi connectivity index (χ1n) is 3.37. The maximum atomic E-state index is 4.94. The van der Waals surface area contributed by atoms with E-state index in [-0.39, 0.29) is 0 Å². The SMILES string of the molecule is Cc1cc(-c2n[nH]c(=S)s2)cs1. The molecule has 2 aromatic rings. The lowest BCUT2D eigenvalue weighted by molar-refractivity contribution is 1.08. The molecule has 2 nitrogen and oxygen atoms in total. The lowest BCUT2D eigenvalue weighted by Crippen LogP contribution is -1.70. The summed E-state index contributed by atoms with van der Waals surface area (Å²) in [6, 6.07) is 2.12. The number of hydrogen-bond donors (Lipinski definition) is 1. The Morgan fingerprint density at radius 2 is 2.42 bits per heavy atom. The molecule has 2 rings (SSSR count). The number of rotatable bonds is 1. The second-order valence-electron chi connectivity index (χ2n) is 2.36. The van der Waals surface area contributed by atoms with E-state index >= 15 is 0 Å². The van der Waals surface area contributed by atoms with Crippen LogP contribution in [0.15, 0.2) is 11.4 Å². The Morgan fingerprint density at radius 3 is 2.92 bits per heavy atom. The van der Waals surface area contributed by atoms with Crippen LogP contribution in [0, 0.1) is 10.9 Å². The summed E-state index contributed by atoms with van der Waals surface area (Å²) in [6.07, 6.45) is 0. The van der Waals surface area contributed by atoms with Crippen LogP contribution in [-0.2, 0) is 0 Å². The topological polar surface area (TPSA) is 28.7 Å². The minimum Gasteiger partial charge on any atom is -0.258 e. The summed E-state index contributed by atoms with van der Waals surface area (Å²) < 4.78 is 0.730. The number of thiophene rings is 1. The van der Waals surface area contributed by atoms with Gasteiger partial charge in [-0.2, -0.15) is 5.10 Å². The molecular weight excluding hydrogens is 208 g/mol. The molecule has 0 unspecified atom stereocenters. The number of aromatic amines is 1. The van der Waals surface area contributed by atoms with Crippen molar-refractivity contribution in [1.82, 2.24) is 10.2 Å². The molecule has 0 amide bonds. The molecule has 0 aliphatic heterocycles. The fourth-order valence-electron chi connectivity index (χ4n) is 0.909. The highest BCUT2D eigenvalue weighted by molar-refractivity contribution is 7.73. The van der Waals surface area contributed by atoms with Gasteiger partial charge in [-0.05, 0) is 25.2 Å². The molecule has 2 heterocycles.